The van der Waals surface area contributed by atoms with Gasteiger partial charge >= 0.3 is 0 Å². The maximum atomic E-state index is 5.93. The van der Waals surface area contributed by atoms with E-state index in [0.29, 0.717) is 17.9 Å². The predicted molar refractivity (Wildman–Crippen MR) is 73.0 cm³/mol. The number of hydrogen-bond acceptors (Lipinski definition) is 1. The number of nitrogens with one attached hydrogen (secondary N) is 1. The minimum Gasteiger partial charge on any atom is -0.370 e. The number of nitrogens with two attached hydrogens (primary N) is 1. The summed E-state index contributed by atoms with van der Waals surface area (Å²) >= 11 is 0. The molecule has 0 heterocycles. The molecule has 0 bridgehead atoms. The summed E-state index contributed by atoms with van der Waals surface area (Å²) in [4.78, 5) is 4.59. The van der Waals surface area contributed by atoms with Gasteiger partial charge < -0.3 is 11.1 Å². The van der Waals surface area contributed by atoms with E-state index >= 15 is 0 Å². The molecule has 3 atom stereocenters. The van der Waals surface area contributed by atoms with Crippen LogP contribution in [0.15, 0.2) is 35.3 Å². The highest BCUT2D eigenvalue weighted by Crippen LogP contribution is 2.33. The molecule has 0 saturated heterocycles. The van der Waals surface area contributed by atoms with E-state index in [1.807, 2.05) is 30.3 Å². The van der Waals surface area contributed by atoms with E-state index in [2.05, 4.69) is 24.2 Å². The standard InChI is InChI=1S/C14H21N3/c1-10-8-9-13(11(10)2)17-14(15)16-12-6-4-3-5-7-12/h3-7,10-11,13H,8-9H2,1-2H3,(H3,15,16,17). The third kappa shape index (κ3) is 2.99. The normalized spacial score (nSPS) is 29.3. The van der Waals surface area contributed by atoms with Gasteiger partial charge in [-0.2, -0.15) is 0 Å². The molecule has 0 aromatic heterocycles. The molecule has 17 heavy (non-hydrogen) atoms. The Balaban J connectivity index is 1.98. The van der Waals surface area contributed by atoms with Gasteiger partial charge in [0.2, 0.25) is 0 Å². The molecule has 1 aromatic carbocycles. The third-order valence-electron chi connectivity index (χ3n) is 3.77. The fourth-order valence-corrected chi connectivity index (χ4v) is 2.40. The van der Waals surface area contributed by atoms with Gasteiger partial charge in [-0.3, -0.25) is 0 Å². The van der Waals surface area contributed by atoms with Gasteiger partial charge in [-0.25, -0.2) is 4.99 Å². The van der Waals surface area contributed by atoms with Crippen molar-refractivity contribution >= 4 is 11.6 Å². The Morgan fingerprint density at radius 1 is 1.24 bits per heavy atom. The fourth-order valence-electron chi connectivity index (χ4n) is 2.40. The van der Waals surface area contributed by atoms with Crippen molar-refractivity contribution in [2.24, 2.45) is 22.6 Å². The maximum absolute atomic E-state index is 5.93. The lowest BCUT2D eigenvalue weighted by Crippen LogP contribution is -2.26. The van der Waals surface area contributed by atoms with Crippen LogP contribution in [0.1, 0.15) is 26.7 Å². The summed E-state index contributed by atoms with van der Waals surface area (Å²) in [7, 11) is 0. The summed E-state index contributed by atoms with van der Waals surface area (Å²) in [6.45, 7) is 4.56. The summed E-state index contributed by atoms with van der Waals surface area (Å²) in [6, 6.07) is 10.3. The van der Waals surface area contributed by atoms with Gasteiger partial charge in [-0.15, -0.1) is 0 Å². The molecule has 1 aliphatic rings. The van der Waals surface area contributed by atoms with Crippen LogP contribution < -0.4 is 11.1 Å². The average molecular weight is 231 g/mol. The van der Waals surface area contributed by atoms with Gasteiger partial charge in [-0.05, 0) is 36.8 Å². The topological polar surface area (TPSA) is 50.4 Å². The lowest BCUT2D eigenvalue weighted by Gasteiger charge is -2.15. The lowest BCUT2D eigenvalue weighted by molar-refractivity contribution is 0.423. The first-order valence-corrected chi connectivity index (χ1v) is 6.32. The highest BCUT2D eigenvalue weighted by Gasteiger charge is 2.29. The Hall–Kier alpha value is -1.51. The van der Waals surface area contributed by atoms with Crippen LogP contribution in [0, 0.1) is 11.8 Å². The Kier molecular flexibility index (Phi) is 3.67. The summed E-state index contributed by atoms with van der Waals surface area (Å²) in [5, 5.41) is 3.13. The Morgan fingerprint density at radius 2 is 1.94 bits per heavy atom. The van der Waals surface area contributed by atoms with Crippen LogP contribution in [0.2, 0.25) is 0 Å². The molecule has 0 radical (unpaired) electrons. The molecule has 0 spiro atoms. The van der Waals surface area contributed by atoms with E-state index in [0.717, 1.165) is 18.0 Å². The summed E-state index contributed by atoms with van der Waals surface area (Å²) in [6.07, 6.45) is 2.41. The van der Waals surface area contributed by atoms with Crippen LogP contribution in [0.25, 0.3) is 0 Å². The monoisotopic (exact) mass is 231 g/mol. The molecule has 3 nitrogen and oxygen atoms in total. The summed E-state index contributed by atoms with van der Waals surface area (Å²) in [5.41, 5.74) is 6.93. The number of rotatable bonds is 2. The molecule has 1 aromatic rings. The Labute approximate surface area is 103 Å². The second-order valence-electron chi connectivity index (χ2n) is 4.99. The zero-order valence-corrected chi connectivity index (χ0v) is 10.6. The van der Waals surface area contributed by atoms with E-state index in [1.54, 1.807) is 0 Å². The zero-order chi connectivity index (χ0) is 12.3. The fraction of sp³-hybridized carbons (Fsp3) is 0.500. The van der Waals surface area contributed by atoms with Gasteiger partial charge in [-0.1, -0.05) is 32.0 Å². The van der Waals surface area contributed by atoms with Gasteiger partial charge in [0.05, 0.1) is 6.04 Å². The SMILES string of the molecule is CC1CCC(N=C(N)Nc2ccccc2)C1C. The van der Waals surface area contributed by atoms with Crippen LogP contribution >= 0.6 is 0 Å². The first-order chi connectivity index (χ1) is 8.16. The van der Waals surface area contributed by atoms with Crippen LogP contribution in [0.3, 0.4) is 0 Å². The van der Waals surface area contributed by atoms with Crippen molar-refractivity contribution in [3.8, 4) is 0 Å². The average Bonchev–Trinajstić information content (AvgIpc) is 2.62. The summed E-state index contributed by atoms with van der Waals surface area (Å²) in [5.74, 6) is 1.92. The van der Waals surface area contributed by atoms with Crippen molar-refractivity contribution in [3.63, 3.8) is 0 Å². The number of nitrogens with zero attached hydrogens (tertiary/aromatic N) is 1. The van der Waals surface area contributed by atoms with Crippen molar-refractivity contribution in [3.05, 3.63) is 30.3 Å². The highest BCUT2D eigenvalue weighted by molar-refractivity contribution is 5.92. The Morgan fingerprint density at radius 3 is 2.53 bits per heavy atom. The number of aliphatic imine (C=N–C) groups is 1. The molecule has 3 unspecified atom stereocenters. The smallest absolute Gasteiger partial charge is 0.193 e. The molecular formula is C14H21N3. The number of benzene rings is 1. The molecule has 1 aliphatic carbocycles. The van der Waals surface area contributed by atoms with E-state index in [-0.39, 0.29) is 0 Å². The molecule has 1 saturated carbocycles. The highest BCUT2D eigenvalue weighted by atomic mass is 15.1. The zero-order valence-electron chi connectivity index (χ0n) is 10.6. The molecule has 2 rings (SSSR count). The van der Waals surface area contributed by atoms with E-state index in [1.165, 1.54) is 6.42 Å². The minimum atomic E-state index is 0.376. The molecule has 3 heteroatoms. The molecular weight excluding hydrogens is 210 g/mol. The first-order valence-electron chi connectivity index (χ1n) is 6.32. The van der Waals surface area contributed by atoms with Gasteiger partial charge in [0.1, 0.15) is 0 Å². The van der Waals surface area contributed by atoms with Crippen molar-refractivity contribution < 1.29 is 0 Å². The van der Waals surface area contributed by atoms with E-state index in [9.17, 15) is 0 Å². The van der Waals surface area contributed by atoms with Gasteiger partial charge in [0.25, 0.3) is 0 Å². The van der Waals surface area contributed by atoms with Crippen molar-refractivity contribution in [2.75, 3.05) is 5.32 Å². The second-order valence-corrected chi connectivity index (χ2v) is 4.99. The van der Waals surface area contributed by atoms with Crippen molar-refractivity contribution in [1.82, 2.24) is 0 Å². The Bertz CT molecular complexity index is 386. The molecule has 0 amide bonds. The predicted octanol–water partition coefficient (Wildman–Crippen LogP) is 2.85. The van der Waals surface area contributed by atoms with Crippen LogP contribution in [-0.2, 0) is 0 Å². The van der Waals surface area contributed by atoms with Gasteiger partial charge in [0.15, 0.2) is 5.96 Å². The molecule has 3 N–H and O–H groups in total. The second kappa shape index (κ2) is 5.21. The summed E-state index contributed by atoms with van der Waals surface area (Å²) < 4.78 is 0. The largest absolute Gasteiger partial charge is 0.370 e. The number of hydrogen-bond donors (Lipinski definition) is 2. The number of para-hydroxylation sites is 1. The van der Waals surface area contributed by atoms with Crippen LogP contribution in [0.4, 0.5) is 5.69 Å². The van der Waals surface area contributed by atoms with Crippen molar-refractivity contribution in [1.29, 1.82) is 0 Å². The van der Waals surface area contributed by atoms with Crippen LogP contribution in [0.5, 0.6) is 0 Å². The minimum absolute atomic E-state index is 0.376. The van der Waals surface area contributed by atoms with Gasteiger partial charge in [0, 0.05) is 5.69 Å². The van der Waals surface area contributed by atoms with Crippen molar-refractivity contribution in [2.45, 2.75) is 32.7 Å². The maximum Gasteiger partial charge on any atom is 0.193 e. The van der Waals surface area contributed by atoms with E-state index in [4.69, 9.17) is 5.73 Å². The molecule has 1 fully saturated rings. The van der Waals surface area contributed by atoms with Crippen LogP contribution in [-0.4, -0.2) is 12.0 Å². The lowest BCUT2D eigenvalue weighted by atomic mass is 9.98. The number of anilines is 1. The molecule has 0 aliphatic heterocycles. The quantitative estimate of drug-likeness (QED) is 0.607. The molecule has 92 valence electrons. The first kappa shape index (κ1) is 12.0. The number of guanidine groups is 1. The third-order valence-corrected chi connectivity index (χ3v) is 3.77. The van der Waals surface area contributed by atoms with E-state index < -0.39 is 0 Å².